The molecule has 1 atom stereocenters. The number of amides is 1. The number of nitrogens with zero attached hydrogens (tertiary/aromatic N) is 6. The molecule has 0 radical (unpaired) electrons. The fourth-order valence-electron chi connectivity index (χ4n) is 4.03. The van der Waals surface area contributed by atoms with E-state index in [2.05, 4.69) is 25.4 Å². The topological polar surface area (TPSA) is 124 Å². The zero-order valence-electron chi connectivity index (χ0n) is 21.0. The number of nitrogens with two attached hydrogens (primary N) is 1. The van der Waals surface area contributed by atoms with E-state index in [1.165, 1.54) is 24.3 Å². The number of hydrogen-bond donors (Lipinski definition) is 2. The average molecular weight is 511 g/mol. The molecule has 0 aliphatic carbocycles. The molecule has 194 valence electrons. The summed E-state index contributed by atoms with van der Waals surface area (Å²) in [5.41, 5.74) is 8.87. The molecule has 3 heterocycles. The molecule has 12 heteroatoms. The number of anilines is 2. The van der Waals surface area contributed by atoms with Gasteiger partial charge in [0.05, 0.1) is 18.8 Å². The summed E-state index contributed by atoms with van der Waals surface area (Å²) in [6.07, 6.45) is 5.27. The number of rotatable bonds is 8. The minimum Gasteiger partial charge on any atom is -0.394 e. The highest BCUT2D eigenvalue weighted by Crippen LogP contribution is 2.26. The lowest BCUT2D eigenvalue weighted by Crippen LogP contribution is -2.48. The van der Waals surface area contributed by atoms with Gasteiger partial charge in [-0.3, -0.25) is 9.48 Å². The Bertz CT molecular complexity index is 1370. The highest BCUT2D eigenvalue weighted by atomic mass is 19.2. The monoisotopic (exact) mass is 510 g/mol. The first-order valence-corrected chi connectivity index (χ1v) is 11.5. The Kier molecular flexibility index (Phi) is 7.58. The lowest BCUT2D eigenvalue weighted by Gasteiger charge is -2.36. The second-order valence-corrected chi connectivity index (χ2v) is 8.82. The van der Waals surface area contributed by atoms with Gasteiger partial charge >= 0.3 is 0 Å². The van der Waals surface area contributed by atoms with Crippen molar-refractivity contribution < 1.29 is 18.3 Å². The molecule has 37 heavy (non-hydrogen) atoms. The van der Waals surface area contributed by atoms with Crippen molar-refractivity contribution in [3.8, 4) is 0 Å². The number of ether oxygens (including phenoxy) is 1. The van der Waals surface area contributed by atoms with Crippen LogP contribution in [0.3, 0.4) is 0 Å². The molecule has 0 fully saturated rings. The van der Waals surface area contributed by atoms with Crippen LogP contribution in [0.2, 0.25) is 0 Å². The summed E-state index contributed by atoms with van der Waals surface area (Å²) in [4.78, 5) is 28.0. The Labute approximate surface area is 212 Å². The van der Waals surface area contributed by atoms with Crippen LogP contribution in [-0.4, -0.2) is 56.5 Å². The number of carbonyl (C=O) groups is 1. The van der Waals surface area contributed by atoms with Crippen molar-refractivity contribution in [2.24, 2.45) is 17.8 Å². The van der Waals surface area contributed by atoms with Crippen LogP contribution in [0, 0.1) is 25.5 Å². The Morgan fingerprint density at radius 1 is 1.24 bits per heavy atom. The molecule has 0 saturated carbocycles. The van der Waals surface area contributed by atoms with Crippen molar-refractivity contribution >= 4 is 29.7 Å². The highest BCUT2D eigenvalue weighted by Gasteiger charge is 2.33. The van der Waals surface area contributed by atoms with Crippen molar-refractivity contribution in [1.82, 2.24) is 24.6 Å². The molecule has 3 N–H and O–H groups in total. The van der Waals surface area contributed by atoms with Gasteiger partial charge in [0, 0.05) is 49.8 Å². The van der Waals surface area contributed by atoms with Crippen LogP contribution in [-0.2, 0) is 23.1 Å². The van der Waals surface area contributed by atoms with Crippen LogP contribution in [0.15, 0.2) is 46.9 Å². The first-order chi connectivity index (χ1) is 17.7. The van der Waals surface area contributed by atoms with Gasteiger partial charge < -0.3 is 20.7 Å². The van der Waals surface area contributed by atoms with Gasteiger partial charge in [0.2, 0.25) is 5.95 Å². The van der Waals surface area contributed by atoms with E-state index >= 15 is 0 Å². The summed E-state index contributed by atoms with van der Waals surface area (Å²) < 4.78 is 34.0. The van der Waals surface area contributed by atoms with Crippen molar-refractivity contribution in [2.75, 3.05) is 19.0 Å². The number of aromatic nitrogens is 4. The Morgan fingerprint density at radius 3 is 2.70 bits per heavy atom. The standard InChI is InChI=1S/C25H28F2N8O2/c1-14-9-30-25(33-23-15(2)10-31-34(23)3)32-22(14)29-11-17-8-18(13-37-4)35(24(36)21(17)28)12-16-5-6-19(26)20(27)7-16/h5-7,9-11,18H,8,12-13,28H2,1-4H3,(H,30,32,33)/t18-/m1/s1. The number of methoxy groups -OCH3 is 1. The van der Waals surface area contributed by atoms with E-state index in [0.717, 1.165) is 29.1 Å². The third kappa shape index (κ3) is 5.64. The molecule has 4 rings (SSSR count). The van der Waals surface area contributed by atoms with E-state index in [0.29, 0.717) is 29.3 Å². The summed E-state index contributed by atoms with van der Waals surface area (Å²) in [6, 6.07) is 3.16. The predicted octanol–water partition coefficient (Wildman–Crippen LogP) is 3.21. The van der Waals surface area contributed by atoms with Crippen LogP contribution < -0.4 is 11.1 Å². The zero-order valence-corrected chi connectivity index (χ0v) is 21.0. The van der Waals surface area contributed by atoms with Gasteiger partial charge in [0.15, 0.2) is 17.5 Å². The maximum atomic E-state index is 13.7. The maximum Gasteiger partial charge on any atom is 0.270 e. The van der Waals surface area contributed by atoms with Crippen molar-refractivity contribution in [2.45, 2.75) is 32.9 Å². The molecule has 2 aromatic heterocycles. The molecule has 1 aromatic carbocycles. The minimum atomic E-state index is -0.978. The van der Waals surface area contributed by atoms with Gasteiger partial charge in [-0.25, -0.2) is 18.8 Å². The molecule has 10 nitrogen and oxygen atoms in total. The number of hydrogen-bond acceptors (Lipinski definition) is 8. The molecular weight excluding hydrogens is 482 g/mol. The van der Waals surface area contributed by atoms with Crippen molar-refractivity contribution in [1.29, 1.82) is 0 Å². The largest absolute Gasteiger partial charge is 0.394 e. The predicted molar refractivity (Wildman–Crippen MR) is 135 cm³/mol. The van der Waals surface area contributed by atoms with Crippen LogP contribution >= 0.6 is 0 Å². The lowest BCUT2D eigenvalue weighted by molar-refractivity contribution is -0.132. The van der Waals surface area contributed by atoms with Gasteiger partial charge in [0.1, 0.15) is 11.5 Å². The smallest absolute Gasteiger partial charge is 0.270 e. The lowest BCUT2D eigenvalue weighted by atomic mass is 9.97. The first-order valence-electron chi connectivity index (χ1n) is 11.5. The van der Waals surface area contributed by atoms with E-state index in [1.807, 2.05) is 20.9 Å². The highest BCUT2D eigenvalue weighted by molar-refractivity contribution is 6.01. The van der Waals surface area contributed by atoms with E-state index in [1.54, 1.807) is 17.1 Å². The number of nitrogens with one attached hydrogen (secondary N) is 1. The Balaban J connectivity index is 1.58. The van der Waals surface area contributed by atoms with Gasteiger partial charge in [-0.1, -0.05) is 6.07 Å². The van der Waals surface area contributed by atoms with Crippen molar-refractivity contribution in [3.63, 3.8) is 0 Å². The Hall–Kier alpha value is -4.19. The molecule has 1 amide bonds. The van der Waals surface area contributed by atoms with Crippen LogP contribution in [0.25, 0.3) is 0 Å². The molecule has 0 spiro atoms. The van der Waals surface area contributed by atoms with Gasteiger partial charge in [0.25, 0.3) is 5.91 Å². The quantitative estimate of drug-likeness (QED) is 0.446. The van der Waals surface area contributed by atoms with Gasteiger partial charge in [-0.05, 0) is 38.0 Å². The van der Waals surface area contributed by atoms with Crippen molar-refractivity contribution in [3.05, 3.63) is 70.2 Å². The number of benzene rings is 1. The Morgan fingerprint density at radius 2 is 2.03 bits per heavy atom. The summed E-state index contributed by atoms with van der Waals surface area (Å²) in [5, 5.41) is 7.34. The van der Waals surface area contributed by atoms with E-state index in [4.69, 9.17) is 10.5 Å². The fraction of sp³-hybridized carbons (Fsp3) is 0.320. The maximum absolute atomic E-state index is 13.7. The van der Waals surface area contributed by atoms with E-state index in [-0.39, 0.29) is 24.9 Å². The van der Waals surface area contributed by atoms with Crippen LogP contribution in [0.1, 0.15) is 23.1 Å². The summed E-state index contributed by atoms with van der Waals surface area (Å²) in [6.45, 7) is 4.03. The van der Waals surface area contributed by atoms with Gasteiger partial charge in [-0.2, -0.15) is 10.1 Å². The summed E-state index contributed by atoms with van der Waals surface area (Å²) in [7, 11) is 3.34. The average Bonchev–Trinajstić information content (AvgIpc) is 3.18. The van der Waals surface area contributed by atoms with Crippen LogP contribution in [0.4, 0.5) is 26.4 Å². The first kappa shape index (κ1) is 25.9. The number of aliphatic imine (C=N–C) groups is 1. The molecule has 0 bridgehead atoms. The molecule has 3 aromatic rings. The number of halogens is 2. The second kappa shape index (κ2) is 10.8. The second-order valence-electron chi connectivity index (χ2n) is 8.82. The third-order valence-electron chi connectivity index (χ3n) is 6.07. The number of aryl methyl sites for hydroxylation is 3. The number of carbonyl (C=O) groups excluding carboxylic acids is 1. The van der Waals surface area contributed by atoms with E-state index < -0.39 is 17.5 Å². The minimum absolute atomic E-state index is 0.0225. The molecule has 0 saturated heterocycles. The van der Waals surface area contributed by atoms with Gasteiger partial charge in [-0.15, -0.1) is 0 Å². The normalized spacial score (nSPS) is 16.2. The molecule has 0 unspecified atom stereocenters. The summed E-state index contributed by atoms with van der Waals surface area (Å²) in [5.74, 6) is -0.845. The van der Waals surface area contributed by atoms with Crippen LogP contribution in [0.5, 0.6) is 0 Å². The van der Waals surface area contributed by atoms with E-state index in [9.17, 15) is 13.6 Å². The fourth-order valence-corrected chi connectivity index (χ4v) is 4.03. The SMILES string of the molecule is COC[C@H]1CC(C=Nc2nc(Nc3c(C)cnn3C)ncc2C)=C(N)C(=O)N1Cc1ccc(F)c(F)c1. The summed E-state index contributed by atoms with van der Waals surface area (Å²) >= 11 is 0. The zero-order chi connectivity index (χ0) is 26.7. The third-order valence-corrected chi connectivity index (χ3v) is 6.07. The molecular formula is C25H28F2N8O2. The molecule has 1 aliphatic heterocycles. The molecule has 1 aliphatic rings.